The molecular weight excluding hydrogens is 198 g/mol. The monoisotopic (exact) mass is 227 g/mol. The molecule has 1 aliphatic carbocycles. The van der Waals surface area contributed by atoms with E-state index in [1.54, 1.807) is 0 Å². The number of rotatable bonds is 5. The average Bonchev–Trinajstić information content (AvgIpc) is 2.25. The third-order valence-corrected chi connectivity index (χ3v) is 4.19. The van der Waals surface area contributed by atoms with Crippen molar-refractivity contribution in [1.82, 2.24) is 5.32 Å². The lowest BCUT2D eigenvalue weighted by molar-refractivity contribution is 0.138. The van der Waals surface area contributed by atoms with Crippen molar-refractivity contribution < 1.29 is 5.11 Å². The Hall–Kier alpha value is -0.0800. The smallest absolute Gasteiger partial charge is 0.0584 e. The highest BCUT2D eigenvalue weighted by molar-refractivity contribution is 4.87. The predicted octanol–water partition coefficient (Wildman–Crippen LogP) is 2.81. The molecule has 0 aliphatic heterocycles. The molecule has 1 aliphatic rings. The first kappa shape index (κ1) is 14.0. The highest BCUT2D eigenvalue weighted by Gasteiger charge is 2.31. The number of nitrogens with one attached hydrogen (secondary N) is 1. The van der Waals surface area contributed by atoms with Crippen molar-refractivity contribution >= 4 is 0 Å². The summed E-state index contributed by atoms with van der Waals surface area (Å²) in [6.07, 6.45) is 5.01. The molecule has 1 fully saturated rings. The molecule has 0 aromatic heterocycles. The molecule has 16 heavy (non-hydrogen) atoms. The first-order valence-electron chi connectivity index (χ1n) is 6.95. The number of aliphatic hydroxyl groups is 1. The van der Waals surface area contributed by atoms with Gasteiger partial charge >= 0.3 is 0 Å². The first-order chi connectivity index (χ1) is 7.58. The molecule has 2 nitrogen and oxygen atoms in total. The SMILES string of the molecule is CC[C@@H](CO)NC1CC(C)CCC1C(C)C. The fourth-order valence-electron chi connectivity index (χ4n) is 3.00. The number of hydrogen-bond donors (Lipinski definition) is 2. The van der Waals surface area contributed by atoms with Gasteiger partial charge in [-0.25, -0.2) is 0 Å². The average molecular weight is 227 g/mol. The van der Waals surface area contributed by atoms with Crippen LogP contribution < -0.4 is 5.32 Å². The molecule has 0 aromatic carbocycles. The molecule has 0 amide bonds. The third-order valence-electron chi connectivity index (χ3n) is 4.19. The van der Waals surface area contributed by atoms with Gasteiger partial charge in [0.05, 0.1) is 6.61 Å². The highest BCUT2D eigenvalue weighted by Crippen LogP contribution is 2.33. The molecule has 1 saturated carbocycles. The van der Waals surface area contributed by atoms with Crippen LogP contribution in [0.4, 0.5) is 0 Å². The molecule has 0 saturated heterocycles. The van der Waals surface area contributed by atoms with Gasteiger partial charge in [0.15, 0.2) is 0 Å². The molecule has 2 N–H and O–H groups in total. The van der Waals surface area contributed by atoms with Crippen LogP contribution in [0.15, 0.2) is 0 Å². The van der Waals surface area contributed by atoms with Crippen molar-refractivity contribution in [2.75, 3.05) is 6.61 Å². The van der Waals surface area contributed by atoms with Gasteiger partial charge in [-0.2, -0.15) is 0 Å². The number of aliphatic hydroxyl groups excluding tert-OH is 1. The van der Waals surface area contributed by atoms with E-state index in [0.717, 1.165) is 24.2 Å². The molecule has 96 valence electrons. The Morgan fingerprint density at radius 2 is 2.00 bits per heavy atom. The Morgan fingerprint density at radius 3 is 2.50 bits per heavy atom. The van der Waals surface area contributed by atoms with E-state index in [9.17, 15) is 5.11 Å². The topological polar surface area (TPSA) is 32.3 Å². The van der Waals surface area contributed by atoms with Gasteiger partial charge in [-0.15, -0.1) is 0 Å². The van der Waals surface area contributed by atoms with Crippen molar-refractivity contribution in [1.29, 1.82) is 0 Å². The zero-order valence-corrected chi connectivity index (χ0v) is 11.4. The van der Waals surface area contributed by atoms with Crippen molar-refractivity contribution in [3.05, 3.63) is 0 Å². The van der Waals surface area contributed by atoms with E-state index in [-0.39, 0.29) is 12.6 Å². The first-order valence-corrected chi connectivity index (χ1v) is 6.95. The Morgan fingerprint density at radius 1 is 1.31 bits per heavy atom. The second-order valence-corrected chi connectivity index (χ2v) is 5.89. The highest BCUT2D eigenvalue weighted by atomic mass is 16.3. The predicted molar refractivity (Wildman–Crippen MR) is 69.4 cm³/mol. The quantitative estimate of drug-likeness (QED) is 0.757. The van der Waals surface area contributed by atoms with Crippen LogP contribution in [0.1, 0.15) is 53.4 Å². The summed E-state index contributed by atoms with van der Waals surface area (Å²) in [5.41, 5.74) is 0. The standard InChI is InChI=1S/C14H29NO/c1-5-12(9-16)15-14-8-11(4)6-7-13(14)10(2)3/h10-16H,5-9H2,1-4H3/t11?,12-,13?,14?/m0/s1. The largest absolute Gasteiger partial charge is 0.395 e. The van der Waals surface area contributed by atoms with E-state index in [1.807, 2.05) is 0 Å². The van der Waals surface area contributed by atoms with Crippen LogP contribution in [0.25, 0.3) is 0 Å². The van der Waals surface area contributed by atoms with E-state index < -0.39 is 0 Å². The van der Waals surface area contributed by atoms with Crippen LogP contribution >= 0.6 is 0 Å². The van der Waals surface area contributed by atoms with E-state index in [1.165, 1.54) is 19.3 Å². The minimum absolute atomic E-state index is 0.270. The van der Waals surface area contributed by atoms with Crippen LogP contribution in [0.2, 0.25) is 0 Å². The molecule has 3 unspecified atom stereocenters. The van der Waals surface area contributed by atoms with Crippen LogP contribution in [0.5, 0.6) is 0 Å². The van der Waals surface area contributed by atoms with Gasteiger partial charge in [0.2, 0.25) is 0 Å². The van der Waals surface area contributed by atoms with E-state index >= 15 is 0 Å². The van der Waals surface area contributed by atoms with E-state index in [4.69, 9.17) is 0 Å². The molecule has 0 radical (unpaired) electrons. The van der Waals surface area contributed by atoms with Gasteiger partial charge in [0.25, 0.3) is 0 Å². The van der Waals surface area contributed by atoms with Gasteiger partial charge in [0, 0.05) is 12.1 Å². The summed E-state index contributed by atoms with van der Waals surface area (Å²) < 4.78 is 0. The molecular formula is C14H29NO. The summed E-state index contributed by atoms with van der Waals surface area (Å²) in [6.45, 7) is 9.42. The summed E-state index contributed by atoms with van der Waals surface area (Å²) in [7, 11) is 0. The van der Waals surface area contributed by atoms with E-state index in [2.05, 4.69) is 33.0 Å². The lowest BCUT2D eigenvalue weighted by Crippen LogP contribution is -2.48. The zero-order valence-electron chi connectivity index (χ0n) is 11.4. The normalized spacial score (nSPS) is 33.0. The molecule has 1 rings (SSSR count). The van der Waals surface area contributed by atoms with E-state index in [0.29, 0.717) is 6.04 Å². The maximum absolute atomic E-state index is 9.28. The van der Waals surface area contributed by atoms with Crippen molar-refractivity contribution in [3.63, 3.8) is 0 Å². The molecule has 0 spiro atoms. The Balaban J connectivity index is 2.56. The fraction of sp³-hybridized carbons (Fsp3) is 1.00. The van der Waals surface area contributed by atoms with Gasteiger partial charge < -0.3 is 10.4 Å². The maximum atomic E-state index is 9.28. The van der Waals surface area contributed by atoms with Crippen molar-refractivity contribution in [2.24, 2.45) is 17.8 Å². The summed E-state index contributed by atoms with van der Waals surface area (Å²) in [5, 5.41) is 13.0. The van der Waals surface area contributed by atoms with Crippen molar-refractivity contribution in [3.8, 4) is 0 Å². The zero-order chi connectivity index (χ0) is 12.1. The summed E-state index contributed by atoms with van der Waals surface area (Å²) >= 11 is 0. The number of hydrogen-bond acceptors (Lipinski definition) is 2. The minimum Gasteiger partial charge on any atom is -0.395 e. The van der Waals surface area contributed by atoms with Crippen LogP contribution in [0, 0.1) is 17.8 Å². The molecule has 4 atom stereocenters. The minimum atomic E-state index is 0.270. The van der Waals surface area contributed by atoms with Crippen molar-refractivity contribution in [2.45, 2.75) is 65.5 Å². The second kappa shape index (κ2) is 6.61. The Kier molecular flexibility index (Phi) is 5.77. The van der Waals surface area contributed by atoms with Gasteiger partial charge in [-0.05, 0) is 37.0 Å². The van der Waals surface area contributed by atoms with Gasteiger partial charge in [-0.1, -0.05) is 34.1 Å². The van der Waals surface area contributed by atoms with Crippen LogP contribution in [0.3, 0.4) is 0 Å². The Bertz CT molecular complexity index is 189. The van der Waals surface area contributed by atoms with Gasteiger partial charge in [-0.3, -0.25) is 0 Å². The van der Waals surface area contributed by atoms with Crippen LogP contribution in [-0.2, 0) is 0 Å². The fourth-order valence-corrected chi connectivity index (χ4v) is 3.00. The summed E-state index contributed by atoms with van der Waals surface area (Å²) in [6, 6.07) is 0.900. The lowest BCUT2D eigenvalue weighted by atomic mass is 9.74. The molecule has 2 heteroatoms. The second-order valence-electron chi connectivity index (χ2n) is 5.89. The lowest BCUT2D eigenvalue weighted by Gasteiger charge is -2.39. The molecule has 0 heterocycles. The Labute approximate surface area is 101 Å². The third kappa shape index (κ3) is 3.74. The maximum Gasteiger partial charge on any atom is 0.0584 e. The molecule has 0 aromatic rings. The van der Waals surface area contributed by atoms with Gasteiger partial charge in [0.1, 0.15) is 0 Å². The van der Waals surface area contributed by atoms with Crippen LogP contribution in [-0.4, -0.2) is 23.8 Å². The summed E-state index contributed by atoms with van der Waals surface area (Å²) in [5.74, 6) is 2.38. The summed E-state index contributed by atoms with van der Waals surface area (Å²) in [4.78, 5) is 0. The molecule has 0 bridgehead atoms.